The third-order valence-electron chi connectivity index (χ3n) is 6.87. The number of ether oxygens (including phenoxy) is 2. The van der Waals surface area contributed by atoms with Crippen LogP contribution >= 0.6 is 11.3 Å². The van der Waals surface area contributed by atoms with Gasteiger partial charge in [0.25, 0.3) is 5.91 Å². The summed E-state index contributed by atoms with van der Waals surface area (Å²) in [5.41, 5.74) is 3.17. The summed E-state index contributed by atoms with van der Waals surface area (Å²) >= 11 is 1.26. The quantitative estimate of drug-likeness (QED) is 0.318. The van der Waals surface area contributed by atoms with Gasteiger partial charge < -0.3 is 24.4 Å². The zero-order valence-electron chi connectivity index (χ0n) is 22.0. The predicted octanol–water partition coefficient (Wildman–Crippen LogP) is 4.40. The zero-order chi connectivity index (χ0) is 27.1. The Morgan fingerprint density at radius 1 is 1.13 bits per heavy atom. The number of carbonyl (C=O) groups is 2. The molecule has 1 N–H and O–H groups in total. The van der Waals surface area contributed by atoms with Crippen molar-refractivity contribution >= 4 is 39.0 Å². The van der Waals surface area contributed by atoms with Crippen molar-refractivity contribution < 1.29 is 24.2 Å². The number of aryl methyl sites for hydroxylation is 1. The van der Waals surface area contributed by atoms with E-state index in [-0.39, 0.29) is 11.4 Å². The SMILES string of the molecule is COc1ccc(C2C(C(=O)c3sc4nc5ccccc5n4c3C)=C(O)C(=O)N2CCCN(C)C)cc1OC. The molecule has 1 aliphatic heterocycles. The van der Waals surface area contributed by atoms with Gasteiger partial charge in [-0.25, -0.2) is 4.98 Å². The number of methoxy groups -OCH3 is 2. The van der Waals surface area contributed by atoms with Crippen LogP contribution in [0.15, 0.2) is 53.8 Å². The second kappa shape index (κ2) is 10.1. The molecule has 2 aromatic heterocycles. The van der Waals surface area contributed by atoms with Crippen molar-refractivity contribution in [3.63, 3.8) is 0 Å². The van der Waals surface area contributed by atoms with E-state index in [0.717, 1.165) is 17.6 Å². The molecule has 1 aliphatic rings. The summed E-state index contributed by atoms with van der Waals surface area (Å²) < 4.78 is 12.8. The molecule has 0 radical (unpaired) electrons. The van der Waals surface area contributed by atoms with E-state index in [2.05, 4.69) is 4.98 Å². The number of amides is 1. The van der Waals surface area contributed by atoms with Crippen LogP contribution in [0.3, 0.4) is 0 Å². The summed E-state index contributed by atoms with van der Waals surface area (Å²) in [7, 11) is 7.00. The van der Waals surface area contributed by atoms with Gasteiger partial charge in [-0.15, -0.1) is 0 Å². The minimum atomic E-state index is -0.775. The molecule has 2 aromatic carbocycles. The average Bonchev–Trinajstić information content (AvgIpc) is 3.52. The third kappa shape index (κ3) is 4.19. The van der Waals surface area contributed by atoms with Crippen LogP contribution in [0.1, 0.15) is 33.4 Å². The molecule has 3 heterocycles. The Balaban J connectivity index is 1.61. The predicted molar refractivity (Wildman–Crippen MR) is 146 cm³/mol. The molecule has 5 rings (SSSR count). The highest BCUT2D eigenvalue weighted by Gasteiger charge is 2.44. The van der Waals surface area contributed by atoms with Crippen LogP contribution in [-0.4, -0.2) is 77.4 Å². The summed E-state index contributed by atoms with van der Waals surface area (Å²) in [4.78, 5) is 36.9. The van der Waals surface area contributed by atoms with Crippen molar-refractivity contribution in [1.82, 2.24) is 19.2 Å². The lowest BCUT2D eigenvalue weighted by atomic mass is 9.94. The van der Waals surface area contributed by atoms with E-state index in [9.17, 15) is 14.7 Å². The molecule has 4 aromatic rings. The minimum absolute atomic E-state index is 0.0592. The van der Waals surface area contributed by atoms with Crippen LogP contribution in [0.25, 0.3) is 16.0 Å². The third-order valence-corrected chi connectivity index (χ3v) is 8.01. The van der Waals surface area contributed by atoms with Gasteiger partial charge in [0.15, 0.2) is 22.2 Å². The number of aliphatic hydroxyl groups is 1. The smallest absolute Gasteiger partial charge is 0.290 e. The molecule has 38 heavy (non-hydrogen) atoms. The van der Waals surface area contributed by atoms with Crippen LogP contribution in [0.5, 0.6) is 11.5 Å². The number of ketones is 1. The number of thiazole rings is 1. The number of imidazole rings is 1. The largest absolute Gasteiger partial charge is 0.503 e. The van der Waals surface area contributed by atoms with E-state index in [1.54, 1.807) is 30.2 Å². The molecule has 0 saturated heterocycles. The monoisotopic (exact) mass is 534 g/mol. The number of aliphatic hydroxyl groups excluding tert-OH is 1. The van der Waals surface area contributed by atoms with E-state index >= 15 is 0 Å². The standard InChI is InChI=1S/C28H30N4O5S/c1-16-26(38-28-29-18-9-6-7-10-19(18)32(16)28)24(33)22-23(17-11-12-20(36-4)21(15-17)37-5)31(27(35)25(22)34)14-8-13-30(2)3/h6-7,9-12,15,23,34H,8,13-14H2,1-5H3. The number of nitrogens with zero attached hydrogens (tertiary/aromatic N) is 4. The van der Waals surface area contributed by atoms with Gasteiger partial charge in [-0.2, -0.15) is 0 Å². The Kier molecular flexibility index (Phi) is 6.85. The number of para-hydroxylation sites is 2. The number of benzene rings is 2. The highest BCUT2D eigenvalue weighted by atomic mass is 32.1. The Hall–Kier alpha value is -3.89. The van der Waals surface area contributed by atoms with Gasteiger partial charge in [0.05, 0.1) is 41.7 Å². The van der Waals surface area contributed by atoms with Gasteiger partial charge in [-0.1, -0.05) is 29.5 Å². The first kappa shape index (κ1) is 25.7. The fraction of sp³-hybridized carbons (Fsp3) is 0.321. The fourth-order valence-corrected chi connectivity index (χ4v) is 6.13. The maximum Gasteiger partial charge on any atom is 0.290 e. The number of hydrogen-bond donors (Lipinski definition) is 1. The number of carbonyl (C=O) groups excluding carboxylic acids is 2. The molecule has 1 amide bonds. The maximum absolute atomic E-state index is 14.1. The van der Waals surface area contributed by atoms with Crippen molar-refractivity contribution in [1.29, 1.82) is 0 Å². The Bertz CT molecular complexity index is 1580. The summed E-state index contributed by atoms with van der Waals surface area (Å²) in [5.74, 6) is -0.460. The van der Waals surface area contributed by atoms with E-state index in [1.165, 1.54) is 18.4 Å². The van der Waals surface area contributed by atoms with Crippen molar-refractivity contribution in [3.8, 4) is 11.5 Å². The molecule has 198 valence electrons. The van der Waals surface area contributed by atoms with Gasteiger partial charge in [-0.05, 0) is 63.8 Å². The summed E-state index contributed by atoms with van der Waals surface area (Å²) in [6.45, 7) is 2.98. The first-order valence-corrected chi connectivity index (χ1v) is 13.1. The molecular weight excluding hydrogens is 504 g/mol. The van der Waals surface area contributed by atoms with Crippen LogP contribution in [-0.2, 0) is 4.79 Å². The Morgan fingerprint density at radius 2 is 1.87 bits per heavy atom. The highest BCUT2D eigenvalue weighted by molar-refractivity contribution is 7.19. The van der Waals surface area contributed by atoms with E-state index in [4.69, 9.17) is 9.47 Å². The van der Waals surface area contributed by atoms with Crippen molar-refractivity contribution in [3.05, 3.63) is 69.9 Å². The molecule has 0 fully saturated rings. The van der Waals surface area contributed by atoms with E-state index in [0.29, 0.717) is 45.6 Å². The number of rotatable bonds is 9. The molecule has 1 atom stereocenters. The number of aromatic nitrogens is 2. The molecule has 10 heteroatoms. The molecule has 9 nitrogen and oxygen atoms in total. The summed E-state index contributed by atoms with van der Waals surface area (Å²) in [6, 6.07) is 12.3. The van der Waals surface area contributed by atoms with Crippen molar-refractivity contribution in [2.75, 3.05) is 41.4 Å². The van der Waals surface area contributed by atoms with Gasteiger partial charge >= 0.3 is 0 Å². The summed E-state index contributed by atoms with van der Waals surface area (Å²) in [6.07, 6.45) is 0.676. The number of fused-ring (bicyclic) bond motifs is 3. The van der Waals surface area contributed by atoms with Gasteiger partial charge in [0, 0.05) is 12.2 Å². The molecule has 1 unspecified atom stereocenters. The number of Topliss-reactive ketones (excluding diaryl/α,β-unsaturated/α-hetero) is 1. The molecule has 0 bridgehead atoms. The first-order chi connectivity index (χ1) is 18.3. The van der Waals surface area contributed by atoms with Gasteiger partial charge in [0.2, 0.25) is 5.78 Å². The van der Waals surface area contributed by atoms with E-state index in [1.807, 2.05) is 54.6 Å². The lowest BCUT2D eigenvalue weighted by Gasteiger charge is -2.27. The van der Waals surface area contributed by atoms with Gasteiger partial charge in [-0.3, -0.25) is 14.0 Å². The van der Waals surface area contributed by atoms with Crippen LogP contribution < -0.4 is 9.47 Å². The second-order valence-electron chi connectivity index (χ2n) is 9.50. The second-order valence-corrected chi connectivity index (χ2v) is 10.5. The van der Waals surface area contributed by atoms with Crippen LogP contribution in [0.4, 0.5) is 0 Å². The number of hydrogen-bond acceptors (Lipinski definition) is 8. The lowest BCUT2D eigenvalue weighted by Crippen LogP contribution is -2.33. The Labute approximate surface area is 224 Å². The first-order valence-electron chi connectivity index (χ1n) is 12.3. The molecule has 0 spiro atoms. The van der Waals surface area contributed by atoms with Crippen LogP contribution in [0.2, 0.25) is 0 Å². The van der Waals surface area contributed by atoms with E-state index < -0.39 is 17.7 Å². The Morgan fingerprint density at radius 3 is 2.58 bits per heavy atom. The zero-order valence-corrected chi connectivity index (χ0v) is 22.8. The highest BCUT2D eigenvalue weighted by Crippen LogP contribution is 2.43. The summed E-state index contributed by atoms with van der Waals surface area (Å²) in [5, 5.41) is 11.1. The molecular formula is C28H30N4O5S. The van der Waals surface area contributed by atoms with Crippen LogP contribution in [0, 0.1) is 6.92 Å². The normalized spacial score (nSPS) is 15.9. The van der Waals surface area contributed by atoms with Crippen molar-refractivity contribution in [2.45, 2.75) is 19.4 Å². The topological polar surface area (TPSA) is 96.6 Å². The fourth-order valence-electron chi connectivity index (χ4n) is 5.04. The lowest BCUT2D eigenvalue weighted by molar-refractivity contribution is -0.129. The van der Waals surface area contributed by atoms with Gasteiger partial charge in [0.1, 0.15) is 0 Å². The maximum atomic E-state index is 14.1. The minimum Gasteiger partial charge on any atom is -0.503 e. The van der Waals surface area contributed by atoms with Crippen molar-refractivity contribution in [2.24, 2.45) is 0 Å². The molecule has 0 aliphatic carbocycles. The molecule has 0 saturated carbocycles. The average molecular weight is 535 g/mol.